The highest BCUT2D eigenvalue weighted by atomic mass is 31.1. The first-order valence-corrected chi connectivity index (χ1v) is 7.46. The molecule has 1 aliphatic carbocycles. The van der Waals surface area contributed by atoms with Crippen LogP contribution in [0.1, 0.15) is 64.7 Å². The SMILES string of the molecule is CPC1(C)CCCCCCCCC1. The molecule has 0 radical (unpaired) electrons. The van der Waals surface area contributed by atoms with Crippen molar-refractivity contribution in [2.75, 3.05) is 6.66 Å². The third-order valence-electron chi connectivity index (χ3n) is 3.56. The molecule has 0 saturated heterocycles. The molecule has 0 spiro atoms. The molecular formula is C12H25P. The van der Waals surface area contributed by atoms with Crippen LogP contribution in [-0.4, -0.2) is 11.8 Å². The van der Waals surface area contributed by atoms with Crippen LogP contribution in [-0.2, 0) is 0 Å². The topological polar surface area (TPSA) is 0 Å². The molecule has 78 valence electrons. The summed E-state index contributed by atoms with van der Waals surface area (Å²) in [6.45, 7) is 4.90. The van der Waals surface area contributed by atoms with Crippen molar-refractivity contribution in [1.82, 2.24) is 0 Å². The van der Waals surface area contributed by atoms with Crippen LogP contribution in [0.2, 0.25) is 0 Å². The van der Waals surface area contributed by atoms with Crippen LogP contribution in [0.4, 0.5) is 0 Å². The van der Waals surface area contributed by atoms with Crippen LogP contribution in [0.3, 0.4) is 0 Å². The summed E-state index contributed by atoms with van der Waals surface area (Å²) in [7, 11) is 1.15. The third-order valence-corrected chi connectivity index (χ3v) is 5.27. The van der Waals surface area contributed by atoms with E-state index in [1.165, 1.54) is 57.8 Å². The van der Waals surface area contributed by atoms with Crippen molar-refractivity contribution in [3.8, 4) is 0 Å². The highest BCUT2D eigenvalue weighted by Gasteiger charge is 2.21. The zero-order chi connectivity index (χ0) is 9.57. The minimum Gasteiger partial charge on any atom is -0.119 e. The first-order chi connectivity index (χ1) is 6.27. The van der Waals surface area contributed by atoms with Crippen molar-refractivity contribution < 1.29 is 0 Å². The quantitative estimate of drug-likeness (QED) is 0.543. The molecule has 0 nitrogen and oxygen atoms in total. The highest BCUT2D eigenvalue weighted by molar-refractivity contribution is 7.39. The van der Waals surface area contributed by atoms with Crippen molar-refractivity contribution in [3.05, 3.63) is 0 Å². The maximum atomic E-state index is 2.51. The van der Waals surface area contributed by atoms with E-state index < -0.39 is 0 Å². The first kappa shape index (κ1) is 11.5. The molecule has 1 heteroatoms. The fourth-order valence-electron chi connectivity index (χ4n) is 2.29. The van der Waals surface area contributed by atoms with Gasteiger partial charge in [0.05, 0.1) is 0 Å². The molecule has 0 aliphatic heterocycles. The summed E-state index contributed by atoms with van der Waals surface area (Å²) in [4.78, 5) is 0. The second kappa shape index (κ2) is 6.02. The van der Waals surface area contributed by atoms with Crippen molar-refractivity contribution in [3.63, 3.8) is 0 Å². The summed E-state index contributed by atoms with van der Waals surface area (Å²) in [5, 5.41) is 0.706. The van der Waals surface area contributed by atoms with Gasteiger partial charge in [-0.1, -0.05) is 51.9 Å². The molecule has 1 aliphatic rings. The lowest BCUT2D eigenvalue weighted by Gasteiger charge is -2.29. The molecule has 0 amide bonds. The lowest BCUT2D eigenvalue weighted by molar-refractivity contribution is 0.443. The smallest absolute Gasteiger partial charge is 0.0153 e. The Morgan fingerprint density at radius 3 is 1.54 bits per heavy atom. The van der Waals surface area contributed by atoms with Crippen LogP contribution >= 0.6 is 8.58 Å². The summed E-state index contributed by atoms with van der Waals surface area (Å²) in [5.74, 6) is 0. The van der Waals surface area contributed by atoms with E-state index in [-0.39, 0.29) is 0 Å². The Labute approximate surface area is 85.7 Å². The molecule has 1 unspecified atom stereocenters. The molecule has 0 heterocycles. The second-order valence-corrected chi connectivity index (χ2v) is 6.49. The van der Waals surface area contributed by atoms with E-state index >= 15 is 0 Å². The lowest BCUT2D eigenvalue weighted by atomic mass is 9.93. The lowest BCUT2D eigenvalue weighted by Crippen LogP contribution is -2.18. The molecular weight excluding hydrogens is 175 g/mol. The normalized spacial score (nSPS) is 26.3. The monoisotopic (exact) mass is 200 g/mol. The molecule has 1 fully saturated rings. The maximum absolute atomic E-state index is 2.51. The van der Waals surface area contributed by atoms with Crippen molar-refractivity contribution in [2.24, 2.45) is 0 Å². The van der Waals surface area contributed by atoms with E-state index in [9.17, 15) is 0 Å². The Balaban J connectivity index is 2.34. The average molecular weight is 200 g/mol. The molecule has 1 rings (SSSR count). The van der Waals surface area contributed by atoms with Crippen molar-refractivity contribution in [2.45, 2.75) is 69.9 Å². The molecule has 0 aromatic heterocycles. The van der Waals surface area contributed by atoms with Gasteiger partial charge in [-0.05, 0) is 24.7 Å². The number of hydrogen-bond donors (Lipinski definition) is 0. The summed E-state index contributed by atoms with van der Waals surface area (Å²) in [6.07, 6.45) is 13.4. The van der Waals surface area contributed by atoms with Crippen LogP contribution in [0.5, 0.6) is 0 Å². The fourth-order valence-corrected chi connectivity index (χ4v) is 3.14. The van der Waals surface area contributed by atoms with Gasteiger partial charge in [-0.3, -0.25) is 0 Å². The summed E-state index contributed by atoms with van der Waals surface area (Å²) in [5.41, 5.74) is 0. The molecule has 0 aromatic rings. The van der Waals surface area contributed by atoms with Crippen LogP contribution in [0, 0.1) is 0 Å². The van der Waals surface area contributed by atoms with Gasteiger partial charge in [0, 0.05) is 0 Å². The van der Waals surface area contributed by atoms with Gasteiger partial charge in [0.15, 0.2) is 0 Å². The predicted octanol–water partition coefficient (Wildman–Crippen LogP) is 4.58. The Morgan fingerprint density at radius 2 is 1.15 bits per heavy atom. The zero-order valence-corrected chi connectivity index (χ0v) is 10.4. The van der Waals surface area contributed by atoms with Gasteiger partial charge < -0.3 is 0 Å². The Morgan fingerprint density at radius 1 is 0.769 bits per heavy atom. The molecule has 0 N–H and O–H groups in total. The largest absolute Gasteiger partial charge is 0.119 e. The summed E-state index contributed by atoms with van der Waals surface area (Å²) in [6, 6.07) is 0. The Hall–Kier alpha value is 0.430. The first-order valence-electron chi connectivity index (χ1n) is 5.96. The van der Waals surface area contributed by atoms with Gasteiger partial charge in [-0.2, -0.15) is 0 Å². The van der Waals surface area contributed by atoms with E-state index in [2.05, 4.69) is 13.6 Å². The van der Waals surface area contributed by atoms with Gasteiger partial charge in [0.1, 0.15) is 0 Å². The number of hydrogen-bond acceptors (Lipinski definition) is 0. The summed E-state index contributed by atoms with van der Waals surface area (Å²) >= 11 is 0. The standard InChI is InChI=1S/C12H25P/c1-12(13-2)10-8-6-4-3-5-7-9-11-12/h13H,3-11H2,1-2H3. The maximum Gasteiger partial charge on any atom is -0.0153 e. The Bertz CT molecular complexity index is 121. The van der Waals surface area contributed by atoms with E-state index in [1.807, 2.05) is 0 Å². The van der Waals surface area contributed by atoms with E-state index in [4.69, 9.17) is 0 Å². The van der Waals surface area contributed by atoms with E-state index in [0.717, 1.165) is 8.58 Å². The van der Waals surface area contributed by atoms with Gasteiger partial charge >= 0.3 is 0 Å². The Kier molecular flexibility index (Phi) is 5.32. The molecule has 13 heavy (non-hydrogen) atoms. The second-order valence-electron chi connectivity index (χ2n) is 4.79. The number of rotatable bonds is 1. The molecule has 0 bridgehead atoms. The van der Waals surface area contributed by atoms with Crippen LogP contribution < -0.4 is 0 Å². The minimum atomic E-state index is 0.706. The molecule has 0 aromatic carbocycles. The van der Waals surface area contributed by atoms with Gasteiger partial charge in [-0.25, -0.2) is 0 Å². The average Bonchev–Trinajstić information content (AvgIpc) is 2.16. The van der Waals surface area contributed by atoms with Crippen molar-refractivity contribution >= 4 is 8.58 Å². The zero-order valence-electron chi connectivity index (χ0n) is 9.36. The van der Waals surface area contributed by atoms with E-state index in [1.54, 1.807) is 0 Å². The van der Waals surface area contributed by atoms with Gasteiger partial charge in [0.25, 0.3) is 0 Å². The van der Waals surface area contributed by atoms with Gasteiger partial charge in [0.2, 0.25) is 0 Å². The van der Waals surface area contributed by atoms with Crippen LogP contribution in [0.25, 0.3) is 0 Å². The van der Waals surface area contributed by atoms with Gasteiger partial charge in [-0.15, -0.1) is 8.58 Å². The van der Waals surface area contributed by atoms with E-state index in [0.29, 0.717) is 5.16 Å². The summed E-state index contributed by atoms with van der Waals surface area (Å²) < 4.78 is 0. The molecule has 1 saturated carbocycles. The van der Waals surface area contributed by atoms with Crippen LogP contribution in [0.15, 0.2) is 0 Å². The molecule has 1 atom stereocenters. The fraction of sp³-hybridized carbons (Fsp3) is 1.00. The minimum absolute atomic E-state index is 0.706. The van der Waals surface area contributed by atoms with Crippen molar-refractivity contribution in [1.29, 1.82) is 0 Å². The predicted molar refractivity (Wildman–Crippen MR) is 64.2 cm³/mol. The highest BCUT2D eigenvalue weighted by Crippen LogP contribution is 2.39. The third kappa shape index (κ3) is 4.45.